The molecule has 126 valence electrons. The molecule has 0 aliphatic carbocycles. The van der Waals surface area contributed by atoms with Gasteiger partial charge in [-0.05, 0) is 24.6 Å². The third kappa shape index (κ3) is 4.86. The first-order valence-corrected chi connectivity index (χ1v) is 8.36. The topological polar surface area (TPSA) is 66.0 Å². The highest BCUT2D eigenvalue weighted by Crippen LogP contribution is 2.22. The third-order valence-corrected chi connectivity index (χ3v) is 4.37. The summed E-state index contributed by atoms with van der Waals surface area (Å²) in [6.07, 6.45) is 1.40. The molecule has 1 aliphatic heterocycles. The minimum atomic E-state index is 0.199. The van der Waals surface area contributed by atoms with Crippen LogP contribution in [-0.4, -0.2) is 50.6 Å². The molecule has 1 unspecified atom stereocenters. The van der Waals surface area contributed by atoms with Gasteiger partial charge in [0.1, 0.15) is 5.75 Å². The van der Waals surface area contributed by atoms with E-state index in [9.17, 15) is 4.79 Å². The third-order valence-electron chi connectivity index (χ3n) is 3.88. The van der Waals surface area contributed by atoms with Gasteiger partial charge in [-0.25, -0.2) is 0 Å². The minimum Gasteiger partial charge on any atom is -0.496 e. The Morgan fingerprint density at radius 1 is 1.52 bits per heavy atom. The number of rotatable bonds is 4. The second kappa shape index (κ2) is 8.19. The minimum absolute atomic E-state index is 0.199. The second-order valence-corrected chi connectivity index (χ2v) is 6.45. The van der Waals surface area contributed by atoms with Crippen LogP contribution in [0.1, 0.15) is 18.4 Å². The molecule has 6 nitrogen and oxygen atoms in total. The van der Waals surface area contributed by atoms with Crippen molar-refractivity contribution in [2.75, 3.05) is 27.7 Å². The van der Waals surface area contributed by atoms with Crippen molar-refractivity contribution >= 4 is 27.8 Å². The van der Waals surface area contributed by atoms with Gasteiger partial charge in [0, 0.05) is 49.7 Å². The van der Waals surface area contributed by atoms with E-state index in [1.165, 1.54) is 0 Å². The lowest BCUT2D eigenvalue weighted by Gasteiger charge is -2.31. The molecule has 1 amide bonds. The molecule has 0 bridgehead atoms. The summed E-state index contributed by atoms with van der Waals surface area (Å²) >= 11 is 3.47. The lowest BCUT2D eigenvalue weighted by molar-refractivity contribution is -0.132. The summed E-state index contributed by atoms with van der Waals surface area (Å²) in [5.41, 5.74) is 1.04. The van der Waals surface area contributed by atoms with Gasteiger partial charge in [0.15, 0.2) is 5.96 Å². The Hall–Kier alpha value is -1.76. The van der Waals surface area contributed by atoms with Gasteiger partial charge in [0.05, 0.1) is 7.11 Å². The van der Waals surface area contributed by atoms with Crippen LogP contribution in [0.2, 0.25) is 0 Å². The maximum atomic E-state index is 11.5. The van der Waals surface area contributed by atoms with Crippen molar-refractivity contribution in [3.05, 3.63) is 28.2 Å². The van der Waals surface area contributed by atoms with E-state index in [4.69, 9.17) is 4.74 Å². The fourth-order valence-electron chi connectivity index (χ4n) is 2.58. The fourth-order valence-corrected chi connectivity index (χ4v) is 2.99. The van der Waals surface area contributed by atoms with Crippen LogP contribution in [0, 0.1) is 0 Å². The van der Waals surface area contributed by atoms with Gasteiger partial charge >= 0.3 is 0 Å². The van der Waals surface area contributed by atoms with Gasteiger partial charge in [-0.2, -0.15) is 0 Å². The Balaban J connectivity index is 1.93. The smallest absolute Gasteiger partial charge is 0.222 e. The van der Waals surface area contributed by atoms with Crippen molar-refractivity contribution in [2.24, 2.45) is 4.99 Å². The Kier molecular flexibility index (Phi) is 6.27. The molecule has 1 aliphatic rings. The average molecular weight is 383 g/mol. The van der Waals surface area contributed by atoms with E-state index < -0.39 is 0 Å². The fraction of sp³-hybridized carbons (Fsp3) is 0.500. The quantitative estimate of drug-likeness (QED) is 0.614. The molecule has 1 atom stereocenters. The van der Waals surface area contributed by atoms with Crippen LogP contribution in [0.15, 0.2) is 27.7 Å². The van der Waals surface area contributed by atoms with E-state index in [0.29, 0.717) is 19.5 Å². The maximum absolute atomic E-state index is 11.5. The van der Waals surface area contributed by atoms with Crippen molar-refractivity contribution in [2.45, 2.75) is 25.4 Å². The van der Waals surface area contributed by atoms with Crippen molar-refractivity contribution in [3.63, 3.8) is 0 Å². The molecular formula is C16H23BrN4O2. The molecule has 0 saturated carbocycles. The van der Waals surface area contributed by atoms with E-state index >= 15 is 0 Å². The molecule has 0 spiro atoms. The molecule has 1 aromatic rings. The van der Waals surface area contributed by atoms with Crippen LogP contribution < -0.4 is 15.4 Å². The highest BCUT2D eigenvalue weighted by molar-refractivity contribution is 9.10. The summed E-state index contributed by atoms with van der Waals surface area (Å²) < 4.78 is 6.38. The largest absolute Gasteiger partial charge is 0.496 e. The zero-order valence-electron chi connectivity index (χ0n) is 13.7. The summed E-state index contributed by atoms with van der Waals surface area (Å²) in [4.78, 5) is 17.6. The van der Waals surface area contributed by atoms with Gasteiger partial charge in [0.25, 0.3) is 0 Å². The molecule has 1 fully saturated rings. The number of nitrogens with zero attached hydrogens (tertiary/aromatic N) is 2. The monoisotopic (exact) mass is 382 g/mol. The zero-order valence-corrected chi connectivity index (χ0v) is 15.3. The molecule has 0 radical (unpaired) electrons. The summed E-state index contributed by atoms with van der Waals surface area (Å²) in [6.45, 7) is 1.30. The number of likely N-dealkylation sites (tertiary alicyclic amines) is 1. The predicted molar refractivity (Wildman–Crippen MR) is 94.7 cm³/mol. The zero-order chi connectivity index (χ0) is 16.8. The standard InChI is InChI=1S/C16H23BrN4O2/c1-18-16(20-13-5-7-15(22)21(2)10-13)19-9-11-8-12(17)4-6-14(11)23-3/h4,6,8,13H,5,7,9-10H2,1-3H3,(H2,18,19,20). The van der Waals surface area contributed by atoms with E-state index in [2.05, 4.69) is 31.6 Å². The molecule has 23 heavy (non-hydrogen) atoms. The van der Waals surface area contributed by atoms with Gasteiger partial charge in [-0.15, -0.1) is 0 Å². The van der Waals surface area contributed by atoms with Crippen molar-refractivity contribution in [3.8, 4) is 5.75 Å². The van der Waals surface area contributed by atoms with Gasteiger partial charge in [-0.1, -0.05) is 15.9 Å². The summed E-state index contributed by atoms with van der Waals surface area (Å²) in [7, 11) is 5.23. The first kappa shape index (κ1) is 17.6. The lowest BCUT2D eigenvalue weighted by atomic mass is 10.1. The summed E-state index contributed by atoms with van der Waals surface area (Å²) in [6, 6.07) is 6.11. The number of halogens is 1. The number of likely N-dealkylation sites (N-methyl/N-ethyl adjacent to an activating group) is 1. The van der Waals surface area contributed by atoms with Crippen LogP contribution in [0.5, 0.6) is 5.75 Å². The SMILES string of the molecule is CN=C(NCc1cc(Br)ccc1OC)NC1CCC(=O)N(C)C1. The number of aliphatic imine (C=N–C) groups is 1. The van der Waals surface area contributed by atoms with E-state index in [1.54, 1.807) is 19.1 Å². The average Bonchev–Trinajstić information content (AvgIpc) is 2.55. The van der Waals surface area contributed by atoms with Crippen molar-refractivity contribution < 1.29 is 9.53 Å². The van der Waals surface area contributed by atoms with Crippen LogP contribution in [-0.2, 0) is 11.3 Å². The first-order valence-electron chi connectivity index (χ1n) is 7.57. The highest BCUT2D eigenvalue weighted by atomic mass is 79.9. The Labute approximate surface area is 145 Å². The summed E-state index contributed by atoms with van der Waals surface area (Å²) in [5.74, 6) is 1.75. The van der Waals surface area contributed by atoms with Crippen LogP contribution in [0.25, 0.3) is 0 Å². The molecule has 2 N–H and O–H groups in total. The number of carbonyl (C=O) groups is 1. The van der Waals surface area contributed by atoms with Crippen molar-refractivity contribution in [1.82, 2.24) is 15.5 Å². The molecule has 1 saturated heterocycles. The normalized spacial score (nSPS) is 18.8. The molecule has 2 rings (SSSR count). The molecule has 1 heterocycles. The maximum Gasteiger partial charge on any atom is 0.222 e. The number of amides is 1. The number of carbonyl (C=O) groups excluding carboxylic acids is 1. The number of hydrogen-bond donors (Lipinski definition) is 2. The van der Waals surface area contributed by atoms with E-state index in [1.807, 2.05) is 25.2 Å². The number of piperidine rings is 1. The molecule has 1 aromatic carbocycles. The Morgan fingerprint density at radius 2 is 2.30 bits per heavy atom. The number of benzene rings is 1. The number of methoxy groups -OCH3 is 1. The molecular weight excluding hydrogens is 360 g/mol. The second-order valence-electron chi connectivity index (χ2n) is 5.54. The predicted octanol–water partition coefficient (Wildman–Crippen LogP) is 1.74. The summed E-state index contributed by atoms with van der Waals surface area (Å²) in [5, 5.41) is 6.67. The molecule has 0 aromatic heterocycles. The number of nitrogens with one attached hydrogen (secondary N) is 2. The van der Waals surface area contributed by atoms with E-state index in [0.717, 1.165) is 28.2 Å². The van der Waals surface area contributed by atoms with Gasteiger partial charge in [0.2, 0.25) is 5.91 Å². The van der Waals surface area contributed by atoms with Crippen LogP contribution in [0.3, 0.4) is 0 Å². The first-order chi connectivity index (χ1) is 11.0. The number of guanidine groups is 1. The molecule has 7 heteroatoms. The number of ether oxygens (including phenoxy) is 1. The van der Waals surface area contributed by atoms with E-state index in [-0.39, 0.29) is 11.9 Å². The van der Waals surface area contributed by atoms with Crippen LogP contribution >= 0.6 is 15.9 Å². The van der Waals surface area contributed by atoms with Gasteiger partial charge in [-0.3, -0.25) is 9.79 Å². The van der Waals surface area contributed by atoms with Gasteiger partial charge < -0.3 is 20.3 Å². The lowest BCUT2D eigenvalue weighted by Crippen LogP contribution is -2.51. The Bertz CT molecular complexity index is 591. The van der Waals surface area contributed by atoms with Crippen molar-refractivity contribution in [1.29, 1.82) is 0 Å². The Morgan fingerprint density at radius 3 is 2.96 bits per heavy atom. The number of hydrogen-bond acceptors (Lipinski definition) is 3. The van der Waals surface area contributed by atoms with Crippen LogP contribution in [0.4, 0.5) is 0 Å². The highest BCUT2D eigenvalue weighted by Gasteiger charge is 2.23.